The number of rotatable bonds is 4. The maximum absolute atomic E-state index is 6.82. The molecular weight excluding hydrogens is 438 g/mol. The summed E-state index contributed by atoms with van der Waals surface area (Å²) < 4.78 is 0. The molecule has 2 atom stereocenters. The zero-order valence-electron chi connectivity index (χ0n) is 18.4. The van der Waals surface area contributed by atoms with Gasteiger partial charge in [-0.2, -0.15) is 0 Å². The van der Waals surface area contributed by atoms with Gasteiger partial charge in [-0.25, -0.2) is 0 Å². The number of nitrogens with one attached hydrogen (secondary N) is 2. The molecule has 0 radical (unpaired) electrons. The summed E-state index contributed by atoms with van der Waals surface area (Å²) in [5.74, 6) is 0.783. The summed E-state index contributed by atoms with van der Waals surface area (Å²) >= 11 is 12.6. The fourth-order valence-corrected chi connectivity index (χ4v) is 5.44. The Kier molecular flexibility index (Phi) is 5.82. The first-order valence-electron chi connectivity index (χ1n) is 11.2. The zero-order valence-corrected chi connectivity index (χ0v) is 20.0. The van der Waals surface area contributed by atoms with Crippen LogP contribution in [0.2, 0.25) is 5.02 Å². The summed E-state index contributed by atoms with van der Waals surface area (Å²) in [6, 6.07) is 16.4. The quantitative estimate of drug-likeness (QED) is 0.478. The predicted molar refractivity (Wildman–Crippen MR) is 136 cm³/mol. The van der Waals surface area contributed by atoms with Crippen molar-refractivity contribution in [3.8, 4) is 0 Å². The van der Waals surface area contributed by atoms with Crippen molar-refractivity contribution in [2.45, 2.75) is 38.8 Å². The highest BCUT2D eigenvalue weighted by Gasteiger charge is 2.41. The van der Waals surface area contributed by atoms with Gasteiger partial charge in [-0.3, -0.25) is 4.98 Å². The molecule has 1 aromatic carbocycles. The fraction of sp³-hybridized carbons (Fsp3) is 0.360. The van der Waals surface area contributed by atoms with Gasteiger partial charge >= 0.3 is 0 Å². The number of piperidine rings is 1. The minimum atomic E-state index is -0.0659. The number of H-pyrrole nitrogens is 1. The molecule has 0 unspecified atom stereocenters. The highest BCUT2D eigenvalue weighted by molar-refractivity contribution is 7.80. The third-order valence-electron chi connectivity index (χ3n) is 6.60. The third-order valence-corrected chi connectivity index (χ3v) is 7.22. The van der Waals surface area contributed by atoms with E-state index in [0.717, 1.165) is 52.5 Å². The van der Waals surface area contributed by atoms with E-state index < -0.39 is 0 Å². The lowest BCUT2D eigenvalue weighted by atomic mass is 9.98. The van der Waals surface area contributed by atoms with Crippen LogP contribution < -0.4 is 15.1 Å². The van der Waals surface area contributed by atoms with E-state index >= 15 is 0 Å². The second kappa shape index (κ2) is 8.75. The lowest BCUT2D eigenvalue weighted by Crippen LogP contribution is -2.33. The Labute approximate surface area is 199 Å². The number of aromatic nitrogens is 2. The van der Waals surface area contributed by atoms with Gasteiger partial charge in [0.1, 0.15) is 6.04 Å². The van der Waals surface area contributed by atoms with Gasteiger partial charge in [0.05, 0.1) is 22.4 Å². The molecule has 7 heteroatoms. The van der Waals surface area contributed by atoms with E-state index in [1.165, 1.54) is 12.8 Å². The number of aryl methyl sites for hydroxylation is 1. The third kappa shape index (κ3) is 3.97. The molecule has 166 valence electrons. The number of thiocarbonyl (C=S) groups is 1. The first-order chi connectivity index (χ1) is 15.5. The number of hydrogen-bond donors (Lipinski definition) is 2. The molecule has 0 aliphatic carbocycles. The number of nitrogens with zero attached hydrogens (tertiary/aromatic N) is 3. The van der Waals surface area contributed by atoms with Crippen molar-refractivity contribution in [3.05, 3.63) is 76.8 Å². The van der Waals surface area contributed by atoms with Gasteiger partial charge < -0.3 is 20.1 Å². The first-order valence-corrected chi connectivity index (χ1v) is 12.0. The molecule has 2 N–H and O–H groups in total. The molecule has 5 nitrogen and oxygen atoms in total. The summed E-state index contributed by atoms with van der Waals surface area (Å²) in [4.78, 5) is 12.7. The van der Waals surface area contributed by atoms with Crippen molar-refractivity contribution < 1.29 is 0 Å². The Hall–Kier alpha value is -2.57. The van der Waals surface area contributed by atoms with E-state index in [9.17, 15) is 0 Å². The van der Waals surface area contributed by atoms with Crippen LogP contribution in [0.25, 0.3) is 0 Å². The standard InChI is InChI=1S/C25H28ClN5S/c1-16-10-13-30(14-11-16)22-9-7-18(15-19(22)26)31-24(21-8-6-17(2)28-21)23(29-25(31)32)20-5-3-4-12-27-20/h3-9,12,15-16,23-24,28H,10-11,13-14H2,1-2H3,(H,29,32)/t23-,24-/m1/s1. The van der Waals surface area contributed by atoms with Crippen molar-refractivity contribution >= 4 is 40.3 Å². The molecule has 0 bridgehead atoms. The average Bonchev–Trinajstić information content (AvgIpc) is 3.38. The fourth-order valence-electron chi connectivity index (χ4n) is 4.80. The number of benzene rings is 1. The van der Waals surface area contributed by atoms with E-state index in [2.05, 4.69) is 63.2 Å². The van der Waals surface area contributed by atoms with Gasteiger partial charge in [-0.05, 0) is 80.4 Å². The van der Waals surface area contributed by atoms with Crippen LogP contribution in [0.3, 0.4) is 0 Å². The van der Waals surface area contributed by atoms with E-state index in [4.69, 9.17) is 23.8 Å². The summed E-state index contributed by atoms with van der Waals surface area (Å²) in [7, 11) is 0. The lowest BCUT2D eigenvalue weighted by Gasteiger charge is -2.33. The summed E-state index contributed by atoms with van der Waals surface area (Å²) in [5, 5.41) is 4.94. The van der Waals surface area contributed by atoms with Crippen LogP contribution in [-0.4, -0.2) is 28.2 Å². The van der Waals surface area contributed by atoms with Crippen molar-refractivity contribution in [3.63, 3.8) is 0 Å². The Bertz CT molecular complexity index is 1110. The molecule has 2 aliphatic heterocycles. The van der Waals surface area contributed by atoms with Crippen LogP contribution in [0.1, 0.15) is 48.9 Å². The van der Waals surface area contributed by atoms with Crippen molar-refractivity contribution in [1.29, 1.82) is 0 Å². The Morgan fingerprint density at radius 1 is 1.09 bits per heavy atom. The molecule has 32 heavy (non-hydrogen) atoms. The smallest absolute Gasteiger partial charge is 0.174 e. The zero-order chi connectivity index (χ0) is 22.2. The average molecular weight is 466 g/mol. The van der Waals surface area contributed by atoms with Crippen LogP contribution in [0.5, 0.6) is 0 Å². The van der Waals surface area contributed by atoms with E-state index in [0.29, 0.717) is 5.11 Å². The maximum atomic E-state index is 6.82. The predicted octanol–water partition coefficient (Wildman–Crippen LogP) is 5.78. The van der Waals surface area contributed by atoms with Crippen molar-refractivity contribution in [2.75, 3.05) is 22.9 Å². The van der Waals surface area contributed by atoms with Crippen molar-refractivity contribution in [2.24, 2.45) is 5.92 Å². The number of aromatic amines is 1. The van der Waals surface area contributed by atoms with Crippen LogP contribution >= 0.6 is 23.8 Å². The normalized spacial score (nSPS) is 21.8. The minimum Gasteiger partial charge on any atom is -0.370 e. The molecule has 4 heterocycles. The van der Waals surface area contributed by atoms with Gasteiger partial charge in [0.2, 0.25) is 0 Å². The van der Waals surface area contributed by atoms with Gasteiger partial charge in [0.15, 0.2) is 5.11 Å². The summed E-state index contributed by atoms with van der Waals surface area (Å²) in [5.41, 5.74) is 5.26. The SMILES string of the molecule is Cc1ccc([C@@H]2[C@@H](c3ccccn3)NC(=S)N2c2ccc(N3CCC(C)CC3)c(Cl)c2)[nH]1. The second-order valence-corrected chi connectivity index (χ2v) is 9.69. The van der Waals surface area contributed by atoms with Gasteiger partial charge in [-0.1, -0.05) is 24.6 Å². The molecule has 2 aliphatic rings. The number of halogens is 1. The molecule has 0 spiro atoms. The molecule has 3 aromatic rings. The number of hydrogen-bond acceptors (Lipinski definition) is 3. The van der Waals surface area contributed by atoms with Crippen LogP contribution in [-0.2, 0) is 0 Å². The molecule has 5 rings (SSSR count). The lowest BCUT2D eigenvalue weighted by molar-refractivity contribution is 0.438. The van der Waals surface area contributed by atoms with E-state index in [1.807, 2.05) is 30.5 Å². The highest BCUT2D eigenvalue weighted by atomic mass is 35.5. The van der Waals surface area contributed by atoms with E-state index in [-0.39, 0.29) is 12.1 Å². The maximum Gasteiger partial charge on any atom is 0.174 e. The summed E-state index contributed by atoms with van der Waals surface area (Å²) in [6.07, 6.45) is 4.24. The molecule has 2 saturated heterocycles. The van der Waals surface area contributed by atoms with Gasteiger partial charge in [0, 0.05) is 36.4 Å². The molecule has 0 amide bonds. The second-order valence-electron chi connectivity index (χ2n) is 8.90. The molecule has 2 fully saturated rings. The van der Waals surface area contributed by atoms with Gasteiger partial charge in [-0.15, -0.1) is 0 Å². The Morgan fingerprint density at radius 2 is 1.91 bits per heavy atom. The minimum absolute atomic E-state index is 0.0520. The molecule has 2 aromatic heterocycles. The Balaban J connectivity index is 1.51. The van der Waals surface area contributed by atoms with Crippen LogP contribution in [0.4, 0.5) is 11.4 Å². The Morgan fingerprint density at radius 3 is 2.56 bits per heavy atom. The summed E-state index contributed by atoms with van der Waals surface area (Å²) in [6.45, 7) is 6.49. The number of anilines is 2. The van der Waals surface area contributed by atoms with Crippen molar-refractivity contribution in [1.82, 2.24) is 15.3 Å². The molecular formula is C25H28ClN5S. The molecule has 0 saturated carbocycles. The van der Waals surface area contributed by atoms with Crippen LogP contribution in [0.15, 0.2) is 54.7 Å². The van der Waals surface area contributed by atoms with Gasteiger partial charge in [0.25, 0.3) is 0 Å². The van der Waals surface area contributed by atoms with E-state index in [1.54, 1.807) is 0 Å². The largest absolute Gasteiger partial charge is 0.370 e. The first kappa shape index (κ1) is 21.3. The number of pyridine rings is 1. The topological polar surface area (TPSA) is 47.2 Å². The monoisotopic (exact) mass is 465 g/mol. The van der Waals surface area contributed by atoms with Crippen LogP contribution in [0, 0.1) is 12.8 Å². The highest BCUT2D eigenvalue weighted by Crippen LogP contribution is 2.43.